The molecule has 0 radical (unpaired) electrons. The summed E-state index contributed by atoms with van der Waals surface area (Å²) in [4.78, 5) is 26.6. The van der Waals surface area contributed by atoms with Gasteiger partial charge in [0.15, 0.2) is 0 Å². The molecule has 0 heterocycles. The summed E-state index contributed by atoms with van der Waals surface area (Å²) in [5.41, 5.74) is 1.58. The van der Waals surface area contributed by atoms with Crippen molar-refractivity contribution in [3.63, 3.8) is 0 Å². The van der Waals surface area contributed by atoms with Crippen LogP contribution in [0, 0.1) is 0 Å². The summed E-state index contributed by atoms with van der Waals surface area (Å²) in [6, 6.07) is 11.1. The lowest BCUT2D eigenvalue weighted by Gasteiger charge is -2.09. The van der Waals surface area contributed by atoms with Gasteiger partial charge in [-0.05, 0) is 48.0 Å². The van der Waals surface area contributed by atoms with Crippen LogP contribution in [0.5, 0.6) is 5.75 Å². The number of esters is 1. The molecule has 0 saturated heterocycles. The number of carboxylic acids is 1. The first-order valence-electron chi connectivity index (χ1n) is 6.67. The van der Waals surface area contributed by atoms with Gasteiger partial charge in [-0.25, -0.2) is 4.79 Å². The predicted octanol–water partition coefficient (Wildman–Crippen LogP) is 1.60. The maximum atomic E-state index is 11.3. The molecular formula is C17H14NO5-. The normalized spacial score (nSPS) is 10.5. The van der Waals surface area contributed by atoms with Gasteiger partial charge >= 0.3 is 5.97 Å². The number of rotatable bonds is 5. The Kier molecular flexibility index (Phi) is 5.09. The molecule has 0 aliphatic heterocycles. The number of aromatic carboxylic acids is 1. The zero-order chi connectivity index (χ0) is 16.8. The van der Waals surface area contributed by atoms with Crippen molar-refractivity contribution in [1.82, 2.24) is 0 Å². The summed E-state index contributed by atoms with van der Waals surface area (Å²) in [7, 11) is 2.70. The molecule has 0 spiro atoms. The minimum Gasteiger partial charge on any atom is -0.545 e. The van der Waals surface area contributed by atoms with Crippen LogP contribution in [0.2, 0.25) is 0 Å². The molecule has 0 aliphatic rings. The van der Waals surface area contributed by atoms with Crippen LogP contribution >= 0.6 is 0 Å². The largest absolute Gasteiger partial charge is 0.545 e. The SMILES string of the molecule is COC(=O)c1ccc(N=Cc2ccc(OC)c(C(=O)[O-])c2)cc1. The molecule has 23 heavy (non-hydrogen) atoms. The van der Waals surface area contributed by atoms with E-state index in [2.05, 4.69) is 9.73 Å². The Morgan fingerprint density at radius 1 is 1.09 bits per heavy atom. The van der Waals surface area contributed by atoms with Gasteiger partial charge < -0.3 is 19.4 Å². The molecule has 6 heteroatoms. The fraction of sp³-hybridized carbons (Fsp3) is 0.118. The van der Waals surface area contributed by atoms with Gasteiger partial charge in [-0.15, -0.1) is 0 Å². The van der Waals surface area contributed by atoms with Gasteiger partial charge in [0, 0.05) is 11.8 Å². The van der Waals surface area contributed by atoms with Crippen LogP contribution in [0.3, 0.4) is 0 Å². The Morgan fingerprint density at radius 3 is 2.35 bits per heavy atom. The van der Waals surface area contributed by atoms with E-state index in [1.807, 2.05) is 0 Å². The number of aliphatic imine (C=N–C) groups is 1. The third-order valence-corrected chi connectivity index (χ3v) is 3.09. The molecule has 118 valence electrons. The van der Waals surface area contributed by atoms with Crippen LogP contribution in [0.4, 0.5) is 5.69 Å². The van der Waals surface area contributed by atoms with Gasteiger partial charge in [-0.3, -0.25) is 4.99 Å². The first-order chi connectivity index (χ1) is 11.0. The van der Waals surface area contributed by atoms with E-state index >= 15 is 0 Å². The Labute approximate surface area is 133 Å². The molecule has 6 nitrogen and oxygen atoms in total. The standard InChI is InChI=1S/C17H15NO5/c1-22-15-8-3-11(9-14(15)16(19)20)10-18-13-6-4-12(5-7-13)17(21)23-2/h3-10H,1-2H3,(H,19,20)/p-1. The van der Waals surface area contributed by atoms with Gasteiger partial charge in [0.1, 0.15) is 5.75 Å². The summed E-state index contributed by atoms with van der Waals surface area (Å²) in [6.45, 7) is 0. The maximum absolute atomic E-state index is 11.3. The van der Waals surface area contributed by atoms with Crippen LogP contribution in [0.25, 0.3) is 0 Å². The van der Waals surface area contributed by atoms with Crippen LogP contribution in [0.15, 0.2) is 47.5 Å². The summed E-state index contributed by atoms with van der Waals surface area (Å²) in [6.07, 6.45) is 1.51. The molecule has 0 bridgehead atoms. The molecule has 0 N–H and O–H groups in total. The molecule has 0 amide bonds. The van der Waals surface area contributed by atoms with E-state index in [4.69, 9.17) is 4.74 Å². The van der Waals surface area contributed by atoms with Crippen LogP contribution in [0.1, 0.15) is 26.3 Å². The van der Waals surface area contributed by atoms with Crippen molar-refractivity contribution in [1.29, 1.82) is 0 Å². The highest BCUT2D eigenvalue weighted by Crippen LogP contribution is 2.19. The number of carbonyl (C=O) groups excluding carboxylic acids is 2. The second-order valence-electron chi connectivity index (χ2n) is 4.54. The quantitative estimate of drug-likeness (QED) is 0.618. The summed E-state index contributed by atoms with van der Waals surface area (Å²) in [5, 5.41) is 11.1. The Morgan fingerprint density at radius 2 is 1.78 bits per heavy atom. The van der Waals surface area contributed by atoms with Gasteiger partial charge in [0.05, 0.1) is 31.4 Å². The van der Waals surface area contributed by atoms with E-state index in [9.17, 15) is 14.7 Å². The molecule has 2 aromatic rings. The topological polar surface area (TPSA) is 88.0 Å². The Bertz CT molecular complexity index is 750. The summed E-state index contributed by atoms with van der Waals surface area (Å²) in [5.74, 6) is -1.52. The number of nitrogens with zero attached hydrogens (tertiary/aromatic N) is 1. The summed E-state index contributed by atoms with van der Waals surface area (Å²) < 4.78 is 9.57. The highest BCUT2D eigenvalue weighted by molar-refractivity contribution is 5.93. The third-order valence-electron chi connectivity index (χ3n) is 3.09. The number of methoxy groups -OCH3 is 2. The number of carboxylic acid groups (broad SMARTS) is 1. The lowest BCUT2D eigenvalue weighted by Crippen LogP contribution is -2.23. The second-order valence-corrected chi connectivity index (χ2v) is 4.54. The van der Waals surface area contributed by atoms with E-state index < -0.39 is 11.9 Å². The minimum absolute atomic E-state index is 0.0440. The van der Waals surface area contributed by atoms with Gasteiger partial charge in [-0.2, -0.15) is 0 Å². The molecule has 0 saturated carbocycles. The Balaban J connectivity index is 2.21. The van der Waals surface area contributed by atoms with E-state index in [0.717, 1.165) is 0 Å². The molecule has 0 unspecified atom stereocenters. The fourth-order valence-corrected chi connectivity index (χ4v) is 1.92. The lowest BCUT2D eigenvalue weighted by molar-refractivity contribution is -0.255. The first-order valence-corrected chi connectivity index (χ1v) is 6.67. The number of benzene rings is 2. The zero-order valence-electron chi connectivity index (χ0n) is 12.6. The van der Waals surface area contributed by atoms with Crippen molar-refractivity contribution in [2.45, 2.75) is 0 Å². The van der Waals surface area contributed by atoms with Crippen molar-refractivity contribution < 1.29 is 24.2 Å². The van der Waals surface area contributed by atoms with Gasteiger partial charge in [0.2, 0.25) is 0 Å². The number of hydrogen-bond acceptors (Lipinski definition) is 6. The number of ether oxygens (including phenoxy) is 2. The van der Waals surface area contributed by atoms with E-state index in [1.165, 1.54) is 32.6 Å². The highest BCUT2D eigenvalue weighted by Gasteiger charge is 2.05. The van der Waals surface area contributed by atoms with Crippen LogP contribution in [-0.4, -0.2) is 32.4 Å². The van der Waals surface area contributed by atoms with Gasteiger partial charge in [-0.1, -0.05) is 0 Å². The molecular weight excluding hydrogens is 298 g/mol. The monoisotopic (exact) mass is 312 g/mol. The van der Waals surface area contributed by atoms with Crippen molar-refractivity contribution in [2.75, 3.05) is 14.2 Å². The zero-order valence-corrected chi connectivity index (χ0v) is 12.6. The van der Waals surface area contributed by atoms with Crippen molar-refractivity contribution >= 4 is 23.8 Å². The van der Waals surface area contributed by atoms with Crippen molar-refractivity contribution in [2.24, 2.45) is 4.99 Å². The first kappa shape index (κ1) is 16.2. The van der Waals surface area contributed by atoms with Crippen LogP contribution in [-0.2, 0) is 4.74 Å². The average molecular weight is 312 g/mol. The van der Waals surface area contributed by atoms with Crippen molar-refractivity contribution in [3.05, 3.63) is 59.2 Å². The third kappa shape index (κ3) is 3.94. The predicted molar refractivity (Wildman–Crippen MR) is 82.4 cm³/mol. The summed E-state index contributed by atoms with van der Waals surface area (Å²) >= 11 is 0. The smallest absolute Gasteiger partial charge is 0.337 e. The number of hydrogen-bond donors (Lipinski definition) is 0. The van der Waals surface area contributed by atoms with E-state index in [-0.39, 0.29) is 11.3 Å². The molecule has 2 rings (SSSR count). The van der Waals surface area contributed by atoms with E-state index in [0.29, 0.717) is 16.8 Å². The fourth-order valence-electron chi connectivity index (χ4n) is 1.92. The minimum atomic E-state index is -1.32. The molecule has 0 aromatic heterocycles. The average Bonchev–Trinajstić information content (AvgIpc) is 2.59. The molecule has 0 fully saturated rings. The lowest BCUT2D eigenvalue weighted by atomic mass is 10.1. The molecule has 0 atom stereocenters. The van der Waals surface area contributed by atoms with Gasteiger partial charge in [0.25, 0.3) is 0 Å². The van der Waals surface area contributed by atoms with Crippen molar-refractivity contribution in [3.8, 4) is 5.75 Å². The maximum Gasteiger partial charge on any atom is 0.337 e. The Hall–Kier alpha value is -3.15. The molecule has 2 aromatic carbocycles. The van der Waals surface area contributed by atoms with Crippen LogP contribution < -0.4 is 9.84 Å². The highest BCUT2D eigenvalue weighted by atomic mass is 16.5. The van der Waals surface area contributed by atoms with E-state index in [1.54, 1.807) is 30.3 Å². The number of carbonyl (C=O) groups is 2. The second kappa shape index (κ2) is 7.22. The molecule has 0 aliphatic carbocycles.